The van der Waals surface area contributed by atoms with Crippen LogP contribution < -0.4 is 4.90 Å². The fourth-order valence-corrected chi connectivity index (χ4v) is 5.18. The van der Waals surface area contributed by atoms with Crippen molar-refractivity contribution in [2.75, 3.05) is 63.9 Å². The van der Waals surface area contributed by atoms with Gasteiger partial charge in [0, 0.05) is 70.5 Å². The number of hydrogen-bond donors (Lipinski definition) is 1. The molecule has 190 valence electrons. The molecule has 0 aliphatic carbocycles. The molecular weight excluding hydrogens is 428 g/mol. The van der Waals surface area contributed by atoms with Crippen molar-refractivity contribution in [1.29, 1.82) is 0 Å². The van der Waals surface area contributed by atoms with Crippen LogP contribution >= 0.6 is 0 Å². The fraction of sp³-hybridized carbons (Fsp3) is 0.704. The van der Waals surface area contributed by atoms with Crippen LogP contribution in [0.5, 0.6) is 0 Å². The summed E-state index contributed by atoms with van der Waals surface area (Å²) in [5.41, 5.74) is 2.72. The van der Waals surface area contributed by atoms with Crippen LogP contribution in [0.15, 0.2) is 18.2 Å². The molecule has 0 spiro atoms. The van der Waals surface area contributed by atoms with E-state index in [0.29, 0.717) is 31.1 Å². The quantitative estimate of drug-likeness (QED) is 0.713. The van der Waals surface area contributed by atoms with Gasteiger partial charge in [-0.05, 0) is 49.1 Å². The predicted molar refractivity (Wildman–Crippen MR) is 137 cm³/mol. The predicted octanol–water partition coefficient (Wildman–Crippen LogP) is 3.21. The van der Waals surface area contributed by atoms with E-state index in [4.69, 9.17) is 0 Å². The molecule has 0 radical (unpaired) electrons. The summed E-state index contributed by atoms with van der Waals surface area (Å²) in [6, 6.07) is 5.92. The number of nitrogens with zero attached hydrogens (tertiary/aromatic N) is 4. The molecule has 3 rings (SSSR count). The Morgan fingerprint density at radius 1 is 0.912 bits per heavy atom. The summed E-state index contributed by atoms with van der Waals surface area (Å²) < 4.78 is 0. The summed E-state index contributed by atoms with van der Waals surface area (Å²) in [7, 11) is 0. The summed E-state index contributed by atoms with van der Waals surface area (Å²) in [4.78, 5) is 34.5. The monoisotopic (exact) mass is 472 g/mol. The Bertz CT molecular complexity index is 805. The number of piperazine rings is 1. The molecule has 2 aliphatic rings. The van der Waals surface area contributed by atoms with E-state index >= 15 is 0 Å². The van der Waals surface area contributed by atoms with Crippen molar-refractivity contribution in [2.24, 2.45) is 5.92 Å². The molecule has 0 atom stereocenters. The fourth-order valence-electron chi connectivity index (χ4n) is 5.18. The second-order valence-corrected chi connectivity index (χ2v) is 10.3. The Labute approximate surface area is 205 Å². The maximum absolute atomic E-state index is 13.4. The molecule has 0 saturated carbocycles. The number of fused-ring (bicyclic) bond motifs is 1. The number of carbonyl (C=O) groups excluding carboxylic acids is 2. The molecule has 7 nitrogen and oxygen atoms in total. The van der Waals surface area contributed by atoms with E-state index in [1.807, 2.05) is 28.0 Å². The van der Waals surface area contributed by atoms with Crippen molar-refractivity contribution < 1.29 is 14.7 Å². The normalized spacial score (nSPS) is 19.4. The number of rotatable bonds is 5. The largest absolute Gasteiger partial charge is 0.395 e. The van der Waals surface area contributed by atoms with Gasteiger partial charge in [0.1, 0.15) is 0 Å². The van der Waals surface area contributed by atoms with Crippen LogP contribution in [0.4, 0.5) is 5.69 Å². The van der Waals surface area contributed by atoms with Gasteiger partial charge in [0.05, 0.1) is 6.61 Å². The smallest absolute Gasteiger partial charge is 0.253 e. The minimum Gasteiger partial charge on any atom is -0.395 e. The Morgan fingerprint density at radius 3 is 2.24 bits per heavy atom. The lowest BCUT2D eigenvalue weighted by atomic mass is 10.0. The van der Waals surface area contributed by atoms with Crippen molar-refractivity contribution >= 4 is 17.5 Å². The van der Waals surface area contributed by atoms with Gasteiger partial charge in [0.25, 0.3) is 5.91 Å². The number of anilines is 1. The van der Waals surface area contributed by atoms with Crippen molar-refractivity contribution in [3.8, 4) is 0 Å². The topological polar surface area (TPSA) is 67.3 Å². The summed E-state index contributed by atoms with van der Waals surface area (Å²) in [6.45, 7) is 13.4. The van der Waals surface area contributed by atoms with E-state index in [-0.39, 0.29) is 18.4 Å². The molecular formula is C27H44N4O3. The first-order valence-corrected chi connectivity index (χ1v) is 13.1. The molecule has 1 saturated heterocycles. The SMILES string of the molecule is CC(=O)N1CCCCCCCN(CC(C)C)Cc2cc(C(=O)N3CCN(CCO)CC3)ccc21. The Kier molecular flexibility index (Phi) is 10.4. The van der Waals surface area contributed by atoms with Gasteiger partial charge in [-0.2, -0.15) is 0 Å². The second-order valence-electron chi connectivity index (χ2n) is 10.3. The molecule has 1 aromatic rings. The lowest BCUT2D eigenvalue weighted by Gasteiger charge is -2.34. The zero-order valence-electron chi connectivity index (χ0n) is 21.5. The minimum atomic E-state index is 0.0577. The summed E-state index contributed by atoms with van der Waals surface area (Å²) in [6.07, 6.45) is 5.78. The first-order chi connectivity index (χ1) is 16.4. The van der Waals surface area contributed by atoms with E-state index in [0.717, 1.165) is 63.4 Å². The minimum absolute atomic E-state index is 0.0577. The third-order valence-corrected chi connectivity index (χ3v) is 6.95. The molecule has 2 amide bonds. The maximum atomic E-state index is 13.4. The van der Waals surface area contributed by atoms with Gasteiger partial charge in [-0.1, -0.05) is 33.1 Å². The van der Waals surface area contributed by atoms with Crippen LogP contribution in [0.2, 0.25) is 0 Å². The molecule has 2 heterocycles. The molecule has 1 aromatic carbocycles. The Hall–Kier alpha value is -1.96. The van der Waals surface area contributed by atoms with Crippen LogP contribution in [0.25, 0.3) is 0 Å². The second kappa shape index (κ2) is 13.2. The zero-order valence-corrected chi connectivity index (χ0v) is 21.5. The standard InChI is InChI=1S/C27H44N4O3/c1-22(2)20-29-11-7-5-4-6-8-12-31(23(3)33)26-10-9-24(19-25(26)21-29)27(34)30-15-13-28(14-16-30)17-18-32/h9-10,19,22,32H,4-8,11-18,20-21H2,1-3H3. The highest BCUT2D eigenvalue weighted by Crippen LogP contribution is 2.27. The number of carbonyl (C=O) groups is 2. The van der Waals surface area contributed by atoms with Crippen molar-refractivity contribution in [1.82, 2.24) is 14.7 Å². The third kappa shape index (κ3) is 7.52. The van der Waals surface area contributed by atoms with Gasteiger partial charge in [-0.15, -0.1) is 0 Å². The Morgan fingerprint density at radius 2 is 1.59 bits per heavy atom. The van der Waals surface area contributed by atoms with Crippen molar-refractivity contribution in [2.45, 2.75) is 59.4 Å². The molecule has 1 N–H and O–H groups in total. The highest BCUT2D eigenvalue weighted by atomic mass is 16.3. The summed E-state index contributed by atoms with van der Waals surface area (Å²) in [5.74, 6) is 0.676. The molecule has 0 bridgehead atoms. The van der Waals surface area contributed by atoms with Crippen LogP contribution in [0.1, 0.15) is 68.8 Å². The highest BCUT2D eigenvalue weighted by molar-refractivity contribution is 5.97. The van der Waals surface area contributed by atoms with E-state index in [2.05, 4.69) is 23.6 Å². The third-order valence-electron chi connectivity index (χ3n) is 6.95. The zero-order chi connectivity index (χ0) is 24.5. The maximum Gasteiger partial charge on any atom is 0.253 e. The van der Waals surface area contributed by atoms with Crippen molar-refractivity contribution in [3.63, 3.8) is 0 Å². The number of hydrogen-bond acceptors (Lipinski definition) is 5. The Balaban J connectivity index is 1.88. The summed E-state index contributed by atoms with van der Waals surface area (Å²) >= 11 is 0. The van der Waals surface area contributed by atoms with Gasteiger partial charge in [-0.3, -0.25) is 19.4 Å². The van der Waals surface area contributed by atoms with Crippen LogP contribution in [-0.4, -0.2) is 90.6 Å². The summed E-state index contributed by atoms with van der Waals surface area (Å²) in [5, 5.41) is 9.18. The van der Waals surface area contributed by atoms with Gasteiger partial charge >= 0.3 is 0 Å². The van der Waals surface area contributed by atoms with Crippen LogP contribution in [0, 0.1) is 5.92 Å². The molecule has 2 aliphatic heterocycles. The van der Waals surface area contributed by atoms with Gasteiger partial charge in [0.2, 0.25) is 5.91 Å². The lowest BCUT2D eigenvalue weighted by molar-refractivity contribution is -0.116. The van der Waals surface area contributed by atoms with E-state index in [9.17, 15) is 14.7 Å². The average molecular weight is 473 g/mol. The van der Waals surface area contributed by atoms with Crippen molar-refractivity contribution in [3.05, 3.63) is 29.3 Å². The van der Waals surface area contributed by atoms with E-state index < -0.39 is 0 Å². The molecule has 0 unspecified atom stereocenters. The van der Waals surface area contributed by atoms with Crippen LogP contribution in [0.3, 0.4) is 0 Å². The van der Waals surface area contributed by atoms with Crippen LogP contribution in [-0.2, 0) is 11.3 Å². The van der Waals surface area contributed by atoms with Gasteiger partial charge in [0.15, 0.2) is 0 Å². The van der Waals surface area contributed by atoms with Gasteiger partial charge in [-0.25, -0.2) is 0 Å². The lowest BCUT2D eigenvalue weighted by Crippen LogP contribution is -2.49. The number of benzene rings is 1. The molecule has 1 fully saturated rings. The average Bonchev–Trinajstić information content (AvgIpc) is 2.80. The number of β-amino-alcohol motifs (C(OH)–C–C–N with tert-alkyl or cyclic N) is 1. The molecule has 7 heteroatoms. The van der Waals surface area contributed by atoms with E-state index in [1.165, 1.54) is 19.3 Å². The first-order valence-electron chi connectivity index (χ1n) is 13.1. The molecule has 34 heavy (non-hydrogen) atoms. The first kappa shape index (κ1) is 26.6. The number of amides is 2. The number of aliphatic hydroxyl groups is 1. The highest BCUT2D eigenvalue weighted by Gasteiger charge is 2.24. The van der Waals surface area contributed by atoms with Gasteiger partial charge < -0.3 is 14.9 Å². The molecule has 0 aromatic heterocycles. The number of aliphatic hydroxyl groups excluding tert-OH is 1. The van der Waals surface area contributed by atoms with E-state index in [1.54, 1.807) is 6.92 Å².